The van der Waals surface area contributed by atoms with E-state index in [4.69, 9.17) is 14.2 Å². The van der Waals surface area contributed by atoms with Crippen LogP contribution in [0, 0.1) is 5.82 Å². The van der Waals surface area contributed by atoms with Crippen LogP contribution in [0.25, 0.3) is 0 Å². The molecule has 4 aromatic rings. The Bertz CT molecular complexity index is 1770. The van der Waals surface area contributed by atoms with Gasteiger partial charge in [-0.15, -0.1) is 0 Å². The predicted molar refractivity (Wildman–Crippen MR) is 177 cm³/mol. The molecule has 10 nitrogen and oxygen atoms in total. The number of amides is 2. The molecular weight excluding hydrogens is 625 g/mol. The molecule has 12 heteroatoms. The van der Waals surface area contributed by atoms with Crippen molar-refractivity contribution in [3.63, 3.8) is 0 Å². The van der Waals surface area contributed by atoms with Gasteiger partial charge in [0, 0.05) is 25.6 Å². The molecule has 1 N–H and O–H groups in total. The molecule has 47 heavy (non-hydrogen) atoms. The molecule has 0 saturated carbocycles. The van der Waals surface area contributed by atoms with Crippen LogP contribution in [-0.2, 0) is 32.6 Å². The van der Waals surface area contributed by atoms with E-state index in [-0.39, 0.29) is 29.3 Å². The highest BCUT2D eigenvalue weighted by Gasteiger charge is 2.35. The molecule has 0 fully saturated rings. The minimum Gasteiger partial charge on any atom is -0.497 e. The number of benzene rings is 4. The molecule has 2 amide bonds. The number of sulfonamides is 1. The van der Waals surface area contributed by atoms with Gasteiger partial charge < -0.3 is 24.4 Å². The number of halogens is 1. The summed E-state index contributed by atoms with van der Waals surface area (Å²) < 4.78 is 59.4. The normalized spacial score (nSPS) is 11.7. The van der Waals surface area contributed by atoms with Gasteiger partial charge in [0.2, 0.25) is 11.8 Å². The van der Waals surface area contributed by atoms with Gasteiger partial charge >= 0.3 is 0 Å². The lowest BCUT2D eigenvalue weighted by atomic mass is 10.0. The van der Waals surface area contributed by atoms with Crippen molar-refractivity contribution < 1.29 is 36.6 Å². The molecule has 0 saturated heterocycles. The number of nitrogens with one attached hydrogen (secondary N) is 1. The van der Waals surface area contributed by atoms with Crippen molar-refractivity contribution in [3.8, 4) is 17.2 Å². The number of likely N-dealkylation sites (N-methyl/N-ethyl adjacent to an activating group) is 1. The van der Waals surface area contributed by atoms with Crippen LogP contribution in [-0.4, -0.2) is 65.6 Å². The summed E-state index contributed by atoms with van der Waals surface area (Å²) >= 11 is 0. The van der Waals surface area contributed by atoms with Crippen molar-refractivity contribution in [2.24, 2.45) is 0 Å². The monoisotopic (exact) mass is 663 g/mol. The van der Waals surface area contributed by atoms with E-state index < -0.39 is 40.2 Å². The second kappa shape index (κ2) is 15.9. The average molecular weight is 664 g/mol. The minimum absolute atomic E-state index is 0.0294. The molecule has 0 aliphatic heterocycles. The first-order valence-electron chi connectivity index (χ1n) is 14.9. The van der Waals surface area contributed by atoms with Crippen LogP contribution in [0.15, 0.2) is 102 Å². The summed E-state index contributed by atoms with van der Waals surface area (Å²) in [4.78, 5) is 29.3. The molecule has 0 heterocycles. The molecule has 0 aliphatic rings. The second-order valence-corrected chi connectivity index (χ2v) is 12.3. The highest BCUT2D eigenvalue weighted by molar-refractivity contribution is 7.92. The van der Waals surface area contributed by atoms with Crippen molar-refractivity contribution in [1.82, 2.24) is 10.2 Å². The van der Waals surface area contributed by atoms with E-state index in [0.717, 1.165) is 22.0 Å². The number of anilines is 1. The molecule has 1 unspecified atom stereocenters. The van der Waals surface area contributed by atoms with E-state index >= 15 is 0 Å². The Kier molecular flexibility index (Phi) is 11.8. The summed E-state index contributed by atoms with van der Waals surface area (Å²) in [5, 5.41) is 2.82. The zero-order valence-electron chi connectivity index (χ0n) is 26.7. The van der Waals surface area contributed by atoms with Gasteiger partial charge in [0.15, 0.2) is 11.5 Å². The lowest BCUT2D eigenvalue weighted by Crippen LogP contribution is -2.53. The maximum atomic E-state index is 14.5. The lowest BCUT2D eigenvalue weighted by molar-refractivity contribution is -0.140. The first kappa shape index (κ1) is 34.8. The average Bonchev–Trinajstić information content (AvgIpc) is 3.09. The zero-order valence-corrected chi connectivity index (χ0v) is 27.5. The first-order valence-corrected chi connectivity index (χ1v) is 16.3. The minimum atomic E-state index is -4.44. The van der Waals surface area contributed by atoms with Crippen LogP contribution in [0.2, 0.25) is 0 Å². The fourth-order valence-electron chi connectivity index (χ4n) is 5.05. The fourth-order valence-corrected chi connectivity index (χ4v) is 6.48. The van der Waals surface area contributed by atoms with Crippen molar-refractivity contribution in [3.05, 3.63) is 114 Å². The van der Waals surface area contributed by atoms with Gasteiger partial charge in [-0.25, -0.2) is 12.8 Å². The lowest BCUT2D eigenvalue weighted by Gasteiger charge is -2.34. The maximum absolute atomic E-state index is 14.5. The Balaban J connectivity index is 1.82. The van der Waals surface area contributed by atoms with E-state index in [1.165, 1.54) is 56.6 Å². The topological polar surface area (TPSA) is 114 Å². The van der Waals surface area contributed by atoms with Gasteiger partial charge in [-0.05, 0) is 66.6 Å². The second-order valence-electron chi connectivity index (χ2n) is 10.5. The van der Waals surface area contributed by atoms with Gasteiger partial charge in [0.1, 0.15) is 24.2 Å². The molecular formula is C35H38FN3O7S. The highest BCUT2D eigenvalue weighted by Crippen LogP contribution is 2.32. The van der Waals surface area contributed by atoms with Crippen molar-refractivity contribution >= 4 is 27.5 Å². The Morgan fingerprint density at radius 2 is 1.49 bits per heavy atom. The summed E-state index contributed by atoms with van der Waals surface area (Å²) in [6.07, 6.45) is 0.168. The molecule has 0 bridgehead atoms. The number of carbonyl (C=O) groups excluding carboxylic acids is 2. The number of ether oxygens (including phenoxy) is 3. The van der Waals surface area contributed by atoms with E-state index in [9.17, 15) is 22.4 Å². The van der Waals surface area contributed by atoms with Crippen molar-refractivity contribution in [1.29, 1.82) is 0 Å². The number of rotatable bonds is 15. The summed E-state index contributed by atoms with van der Waals surface area (Å²) in [5.74, 6) is -0.611. The third-order valence-electron chi connectivity index (χ3n) is 7.45. The Morgan fingerprint density at radius 1 is 0.809 bits per heavy atom. The number of hydrogen-bond donors (Lipinski definition) is 1. The third-order valence-corrected chi connectivity index (χ3v) is 9.22. The van der Waals surface area contributed by atoms with Gasteiger partial charge in [-0.3, -0.25) is 13.9 Å². The number of hydrogen-bond acceptors (Lipinski definition) is 7. The van der Waals surface area contributed by atoms with Crippen LogP contribution in [0.5, 0.6) is 17.2 Å². The summed E-state index contributed by atoms with van der Waals surface area (Å²) in [6, 6.07) is 24.1. The quantitative estimate of drug-likeness (QED) is 0.194. The molecule has 248 valence electrons. The maximum Gasteiger partial charge on any atom is 0.264 e. The van der Waals surface area contributed by atoms with Crippen molar-refractivity contribution in [2.45, 2.75) is 30.8 Å². The molecule has 0 spiro atoms. The Morgan fingerprint density at radius 3 is 2.13 bits per heavy atom. The number of methoxy groups -OCH3 is 3. The van der Waals surface area contributed by atoms with Crippen LogP contribution in [0.3, 0.4) is 0 Å². The van der Waals surface area contributed by atoms with Crippen LogP contribution >= 0.6 is 0 Å². The summed E-state index contributed by atoms with van der Waals surface area (Å²) in [6.45, 7) is 1.37. The van der Waals surface area contributed by atoms with E-state index in [0.29, 0.717) is 23.6 Å². The fraction of sp³-hybridized carbons (Fsp3) is 0.257. The molecule has 0 radical (unpaired) electrons. The SMILES string of the molecule is CCNC(=O)C(Cc1ccccc1)N(Cc1cccc(OC)c1)C(=O)CN(c1ccc(F)cc1)S(=O)(=O)c1ccc(OC)c(OC)c1. The summed E-state index contributed by atoms with van der Waals surface area (Å²) in [7, 11) is -0.123. The smallest absolute Gasteiger partial charge is 0.264 e. The summed E-state index contributed by atoms with van der Waals surface area (Å²) in [5.41, 5.74) is 1.52. The Labute approximate surface area is 274 Å². The zero-order chi connectivity index (χ0) is 34.0. The molecule has 4 aromatic carbocycles. The van der Waals surface area contributed by atoms with E-state index in [1.54, 1.807) is 31.2 Å². The first-order chi connectivity index (χ1) is 22.6. The van der Waals surface area contributed by atoms with Crippen molar-refractivity contribution in [2.75, 3.05) is 38.7 Å². The van der Waals surface area contributed by atoms with Gasteiger partial charge in [-0.1, -0.05) is 42.5 Å². The Hall–Kier alpha value is -5.10. The van der Waals surface area contributed by atoms with E-state index in [1.807, 2.05) is 30.3 Å². The predicted octanol–water partition coefficient (Wildman–Crippen LogP) is 4.82. The van der Waals surface area contributed by atoms with Gasteiger partial charge in [-0.2, -0.15) is 0 Å². The van der Waals surface area contributed by atoms with Gasteiger partial charge in [0.05, 0.1) is 31.9 Å². The third kappa shape index (κ3) is 8.59. The number of carbonyl (C=O) groups is 2. The van der Waals surface area contributed by atoms with E-state index in [2.05, 4.69) is 5.32 Å². The van der Waals surface area contributed by atoms with Crippen LogP contribution < -0.4 is 23.8 Å². The molecule has 1 atom stereocenters. The largest absolute Gasteiger partial charge is 0.497 e. The van der Waals surface area contributed by atoms with Gasteiger partial charge in [0.25, 0.3) is 10.0 Å². The molecule has 4 rings (SSSR count). The van der Waals surface area contributed by atoms with Crippen LogP contribution in [0.1, 0.15) is 18.1 Å². The van der Waals surface area contributed by atoms with Crippen LogP contribution in [0.4, 0.5) is 10.1 Å². The number of nitrogens with zero attached hydrogens (tertiary/aromatic N) is 2. The standard InChI is InChI=1S/C35H38FN3O7S/c1-5-37-35(41)31(21-25-10-7-6-8-11-25)38(23-26-12-9-13-29(20-26)44-2)34(40)24-39(28-16-14-27(36)15-17-28)47(42,43)30-18-19-32(45-3)33(22-30)46-4/h6-20,22,31H,5,21,23-24H2,1-4H3,(H,37,41). The highest BCUT2D eigenvalue weighted by atomic mass is 32.2. The molecule has 0 aliphatic carbocycles. The molecule has 0 aromatic heterocycles.